The Balaban J connectivity index is 2.06. The topological polar surface area (TPSA) is 26.3 Å². The maximum atomic E-state index is 11.8. The van der Waals surface area contributed by atoms with Crippen LogP contribution in [0.5, 0.6) is 5.75 Å². The molecule has 0 atom stereocenters. The summed E-state index contributed by atoms with van der Waals surface area (Å²) >= 11 is 0. The highest BCUT2D eigenvalue weighted by Crippen LogP contribution is 2.37. The lowest BCUT2D eigenvalue weighted by Crippen LogP contribution is -2.00. The van der Waals surface area contributed by atoms with Gasteiger partial charge in [-0.1, -0.05) is 54.6 Å². The summed E-state index contributed by atoms with van der Waals surface area (Å²) < 4.78 is 5.37. The summed E-state index contributed by atoms with van der Waals surface area (Å²) in [4.78, 5) is 11.8. The number of carbonyl (C=O) groups excluding carboxylic acids is 1. The van der Waals surface area contributed by atoms with Crippen molar-refractivity contribution in [2.75, 3.05) is 7.11 Å². The molecule has 0 bridgehead atoms. The molecule has 0 unspecified atom stereocenters. The minimum Gasteiger partial charge on any atom is -0.497 e. The molecule has 0 saturated heterocycles. The van der Waals surface area contributed by atoms with Crippen LogP contribution in [0.25, 0.3) is 32.7 Å². The number of ether oxygens (including phenoxy) is 1. The molecule has 2 heteroatoms. The fourth-order valence-corrected chi connectivity index (χ4v) is 3.65. The second-order valence-electron chi connectivity index (χ2n) is 6.59. The van der Waals surface area contributed by atoms with Crippen LogP contribution in [0.1, 0.15) is 12.5 Å². The Labute approximate surface area is 153 Å². The van der Waals surface area contributed by atoms with Crippen molar-refractivity contribution in [1.29, 1.82) is 0 Å². The monoisotopic (exact) mass is 340 g/mol. The van der Waals surface area contributed by atoms with Crippen molar-refractivity contribution in [1.82, 2.24) is 0 Å². The van der Waals surface area contributed by atoms with Crippen molar-refractivity contribution in [3.05, 3.63) is 78.4 Å². The molecule has 0 radical (unpaired) electrons. The predicted octanol–water partition coefficient (Wildman–Crippen LogP) is 5.80. The number of benzene rings is 4. The molecule has 4 aromatic carbocycles. The number of fused-ring (bicyclic) bond motifs is 3. The van der Waals surface area contributed by atoms with E-state index in [-0.39, 0.29) is 5.78 Å². The maximum absolute atomic E-state index is 11.8. The van der Waals surface area contributed by atoms with E-state index in [9.17, 15) is 4.79 Å². The Kier molecular flexibility index (Phi) is 4.18. The summed E-state index contributed by atoms with van der Waals surface area (Å²) in [5.41, 5.74) is 3.23. The van der Waals surface area contributed by atoms with E-state index in [4.69, 9.17) is 4.74 Å². The van der Waals surface area contributed by atoms with Gasteiger partial charge in [0, 0.05) is 6.42 Å². The first kappa shape index (κ1) is 16.3. The molecule has 4 aromatic rings. The third-order valence-corrected chi connectivity index (χ3v) is 4.81. The molecule has 26 heavy (non-hydrogen) atoms. The zero-order chi connectivity index (χ0) is 18.1. The van der Waals surface area contributed by atoms with Gasteiger partial charge in [0.2, 0.25) is 0 Å². The number of Topliss-reactive ketones (excluding diaryl/α,β-unsaturated/α-hetero) is 1. The summed E-state index contributed by atoms with van der Waals surface area (Å²) in [6, 6.07) is 25.1. The molecular formula is C24H20O2. The highest BCUT2D eigenvalue weighted by molar-refractivity contribution is 6.14. The fraction of sp³-hybridized carbons (Fsp3) is 0.125. The normalized spacial score (nSPS) is 11.0. The zero-order valence-corrected chi connectivity index (χ0v) is 15.0. The van der Waals surface area contributed by atoms with E-state index in [1.54, 1.807) is 14.0 Å². The first-order chi connectivity index (χ1) is 12.7. The number of methoxy groups -OCH3 is 1. The molecule has 0 fully saturated rings. The lowest BCUT2D eigenvalue weighted by atomic mass is 9.90. The summed E-state index contributed by atoms with van der Waals surface area (Å²) in [6.07, 6.45) is 0.397. The molecule has 0 N–H and O–H groups in total. The molecule has 0 aliphatic heterocycles. The van der Waals surface area contributed by atoms with E-state index in [1.807, 2.05) is 12.1 Å². The third kappa shape index (κ3) is 2.84. The van der Waals surface area contributed by atoms with Crippen molar-refractivity contribution < 1.29 is 9.53 Å². The van der Waals surface area contributed by atoms with Crippen molar-refractivity contribution in [2.24, 2.45) is 0 Å². The van der Waals surface area contributed by atoms with Gasteiger partial charge in [-0.15, -0.1) is 0 Å². The third-order valence-electron chi connectivity index (χ3n) is 4.81. The molecule has 0 heterocycles. The van der Waals surface area contributed by atoms with Crippen LogP contribution in [-0.4, -0.2) is 12.9 Å². The molecule has 0 saturated carbocycles. The van der Waals surface area contributed by atoms with Gasteiger partial charge in [-0.25, -0.2) is 0 Å². The van der Waals surface area contributed by atoms with E-state index in [2.05, 4.69) is 60.7 Å². The van der Waals surface area contributed by atoms with Crippen LogP contribution in [0, 0.1) is 0 Å². The van der Waals surface area contributed by atoms with Gasteiger partial charge in [0.05, 0.1) is 7.11 Å². The molecule has 128 valence electrons. The van der Waals surface area contributed by atoms with Gasteiger partial charge in [-0.3, -0.25) is 4.79 Å². The largest absolute Gasteiger partial charge is 0.497 e. The van der Waals surface area contributed by atoms with E-state index >= 15 is 0 Å². The van der Waals surface area contributed by atoms with E-state index in [1.165, 1.54) is 21.5 Å². The van der Waals surface area contributed by atoms with Crippen LogP contribution in [0.3, 0.4) is 0 Å². The van der Waals surface area contributed by atoms with Crippen molar-refractivity contribution in [3.63, 3.8) is 0 Å². The molecule has 0 aromatic heterocycles. The van der Waals surface area contributed by atoms with E-state index in [0.29, 0.717) is 6.42 Å². The van der Waals surface area contributed by atoms with Crippen LogP contribution in [-0.2, 0) is 11.2 Å². The lowest BCUT2D eigenvalue weighted by molar-refractivity contribution is -0.116. The summed E-state index contributed by atoms with van der Waals surface area (Å²) in [5.74, 6) is 0.916. The molecule has 0 aliphatic rings. The quantitative estimate of drug-likeness (QED) is 0.439. The van der Waals surface area contributed by atoms with Gasteiger partial charge in [0.25, 0.3) is 0 Å². The van der Waals surface area contributed by atoms with Crippen LogP contribution >= 0.6 is 0 Å². The van der Waals surface area contributed by atoms with E-state index in [0.717, 1.165) is 22.4 Å². The summed E-state index contributed by atoms with van der Waals surface area (Å²) in [7, 11) is 1.65. The van der Waals surface area contributed by atoms with Crippen molar-refractivity contribution in [2.45, 2.75) is 13.3 Å². The molecule has 0 amide bonds. The van der Waals surface area contributed by atoms with Gasteiger partial charge in [-0.05, 0) is 63.4 Å². The van der Waals surface area contributed by atoms with Gasteiger partial charge >= 0.3 is 0 Å². The van der Waals surface area contributed by atoms with Gasteiger partial charge in [0.15, 0.2) is 0 Å². The average Bonchev–Trinajstić information content (AvgIpc) is 2.67. The Morgan fingerprint density at radius 3 is 2.23 bits per heavy atom. The Bertz CT molecular complexity index is 1130. The van der Waals surface area contributed by atoms with Crippen LogP contribution in [0.4, 0.5) is 0 Å². The SMILES string of the molecule is COc1ccc(-c2cc3ccccc3c3ccccc23)c(CC(C)=O)c1. The fourth-order valence-electron chi connectivity index (χ4n) is 3.65. The lowest BCUT2D eigenvalue weighted by Gasteiger charge is -2.15. The average molecular weight is 340 g/mol. The van der Waals surface area contributed by atoms with Crippen LogP contribution in [0.15, 0.2) is 72.8 Å². The second-order valence-corrected chi connectivity index (χ2v) is 6.59. The van der Waals surface area contributed by atoms with Crippen LogP contribution in [0.2, 0.25) is 0 Å². The van der Waals surface area contributed by atoms with Gasteiger partial charge in [-0.2, -0.15) is 0 Å². The summed E-state index contributed by atoms with van der Waals surface area (Å²) in [5, 5.41) is 4.87. The Morgan fingerprint density at radius 2 is 1.50 bits per heavy atom. The number of rotatable bonds is 4. The van der Waals surface area contributed by atoms with E-state index < -0.39 is 0 Å². The molecule has 4 rings (SSSR count). The standard InChI is InChI=1S/C24H20O2/c1-16(25)13-18-14-19(26-2)11-12-21(18)24-15-17-7-3-4-8-20(17)22-9-5-6-10-23(22)24/h3-12,14-15H,13H2,1-2H3. The van der Waals surface area contributed by atoms with Crippen molar-refractivity contribution in [3.8, 4) is 16.9 Å². The number of hydrogen-bond acceptors (Lipinski definition) is 2. The highest BCUT2D eigenvalue weighted by atomic mass is 16.5. The zero-order valence-electron chi connectivity index (χ0n) is 15.0. The molecule has 2 nitrogen and oxygen atoms in total. The molecule has 0 aliphatic carbocycles. The predicted molar refractivity (Wildman–Crippen MR) is 108 cm³/mol. The Morgan fingerprint density at radius 1 is 0.808 bits per heavy atom. The first-order valence-electron chi connectivity index (χ1n) is 8.74. The molecular weight excluding hydrogens is 320 g/mol. The number of hydrogen-bond donors (Lipinski definition) is 0. The first-order valence-corrected chi connectivity index (χ1v) is 8.74. The molecule has 0 spiro atoms. The van der Waals surface area contributed by atoms with Crippen LogP contribution < -0.4 is 4.74 Å². The smallest absolute Gasteiger partial charge is 0.134 e. The minimum absolute atomic E-state index is 0.143. The minimum atomic E-state index is 0.143. The van der Waals surface area contributed by atoms with Gasteiger partial charge in [0.1, 0.15) is 11.5 Å². The highest BCUT2D eigenvalue weighted by Gasteiger charge is 2.13. The maximum Gasteiger partial charge on any atom is 0.134 e. The Hall–Kier alpha value is -3.13. The number of ketones is 1. The number of carbonyl (C=O) groups is 1. The van der Waals surface area contributed by atoms with Crippen molar-refractivity contribution >= 4 is 27.3 Å². The summed E-state index contributed by atoms with van der Waals surface area (Å²) in [6.45, 7) is 1.63. The van der Waals surface area contributed by atoms with Gasteiger partial charge < -0.3 is 4.74 Å². The second kappa shape index (κ2) is 6.64.